The first-order valence-electron chi connectivity index (χ1n) is 8.22. The Labute approximate surface area is 181 Å². The number of aliphatic imine (C=N–C) groups is 1. The fourth-order valence-electron chi connectivity index (χ4n) is 3.00. The number of rotatable bonds is 5. The molecule has 0 radical (unpaired) electrons. The molecule has 0 spiro atoms. The van der Waals surface area contributed by atoms with E-state index in [0.717, 1.165) is 10.0 Å². The summed E-state index contributed by atoms with van der Waals surface area (Å²) in [6.07, 6.45) is 2.32. The summed E-state index contributed by atoms with van der Waals surface area (Å²) in [6.45, 7) is 1.94. The Balaban J connectivity index is 0.00000338. The van der Waals surface area contributed by atoms with Crippen molar-refractivity contribution < 1.29 is 13.2 Å². The van der Waals surface area contributed by atoms with E-state index >= 15 is 0 Å². The normalized spacial score (nSPS) is 17.3. The van der Waals surface area contributed by atoms with Gasteiger partial charge in [-0.1, -0.05) is 34.1 Å². The molecule has 0 atom stereocenters. The van der Waals surface area contributed by atoms with Crippen LogP contribution < -0.4 is 5.32 Å². The van der Waals surface area contributed by atoms with Gasteiger partial charge in [0.25, 0.3) is 0 Å². The fourth-order valence-corrected chi connectivity index (χ4v) is 4.66. The van der Waals surface area contributed by atoms with E-state index in [0.29, 0.717) is 45.1 Å². The quantitative estimate of drug-likeness (QED) is 0.341. The van der Waals surface area contributed by atoms with Crippen molar-refractivity contribution >= 4 is 55.7 Å². The van der Waals surface area contributed by atoms with E-state index < -0.39 is 14.6 Å². The van der Waals surface area contributed by atoms with E-state index in [9.17, 15) is 8.42 Å². The molecule has 0 saturated carbocycles. The van der Waals surface area contributed by atoms with E-state index in [4.69, 9.17) is 4.74 Å². The first-order valence-corrected chi connectivity index (χ1v) is 10.9. The Morgan fingerprint density at radius 2 is 1.96 bits per heavy atom. The smallest absolute Gasteiger partial charge is 0.193 e. The van der Waals surface area contributed by atoms with Gasteiger partial charge in [-0.15, -0.1) is 24.0 Å². The van der Waals surface area contributed by atoms with E-state index in [2.05, 4.69) is 26.2 Å². The maximum atomic E-state index is 12.4. The van der Waals surface area contributed by atoms with Crippen molar-refractivity contribution in [1.29, 1.82) is 0 Å². The highest BCUT2D eigenvalue weighted by molar-refractivity contribution is 14.0. The minimum absolute atomic E-state index is 0. The molecule has 1 saturated heterocycles. The number of halogens is 2. The third-order valence-corrected chi connectivity index (χ3v) is 7.60. The lowest BCUT2D eigenvalue weighted by Gasteiger charge is -2.36. The summed E-state index contributed by atoms with van der Waals surface area (Å²) in [6, 6.07) is 8.01. The molecule has 6 nitrogen and oxygen atoms in total. The molecule has 0 aromatic heterocycles. The number of guanidine groups is 1. The van der Waals surface area contributed by atoms with Crippen LogP contribution >= 0.6 is 39.9 Å². The number of hydrogen-bond donors (Lipinski definition) is 1. The van der Waals surface area contributed by atoms with Gasteiger partial charge in [0.2, 0.25) is 0 Å². The van der Waals surface area contributed by atoms with Crippen LogP contribution in [0.4, 0.5) is 0 Å². The van der Waals surface area contributed by atoms with Crippen molar-refractivity contribution in [2.75, 3.05) is 40.1 Å². The zero-order valence-corrected chi connectivity index (χ0v) is 20.1. The lowest BCUT2D eigenvalue weighted by Crippen LogP contribution is -2.53. The van der Waals surface area contributed by atoms with Crippen LogP contribution in [-0.2, 0) is 21.1 Å². The van der Waals surface area contributed by atoms with Gasteiger partial charge in [-0.3, -0.25) is 4.99 Å². The van der Waals surface area contributed by atoms with Gasteiger partial charge in [-0.2, -0.15) is 0 Å². The molecule has 1 aromatic carbocycles. The lowest BCUT2D eigenvalue weighted by molar-refractivity contribution is 0.0755. The molecule has 1 aromatic rings. The zero-order valence-electron chi connectivity index (χ0n) is 15.4. The maximum Gasteiger partial charge on any atom is 0.193 e. The molecule has 26 heavy (non-hydrogen) atoms. The highest BCUT2D eigenvalue weighted by Gasteiger charge is 2.42. The first kappa shape index (κ1) is 23.6. The number of ether oxygens (including phenoxy) is 1. The number of hydrogen-bond acceptors (Lipinski definition) is 4. The van der Waals surface area contributed by atoms with Gasteiger partial charge in [0, 0.05) is 51.1 Å². The van der Waals surface area contributed by atoms with Gasteiger partial charge >= 0.3 is 0 Å². The first-order chi connectivity index (χ1) is 11.8. The van der Waals surface area contributed by atoms with E-state index in [1.165, 1.54) is 6.26 Å². The molecule has 9 heteroatoms. The van der Waals surface area contributed by atoms with E-state index in [1.54, 1.807) is 7.05 Å². The van der Waals surface area contributed by atoms with Crippen molar-refractivity contribution in [3.63, 3.8) is 0 Å². The molecule has 1 N–H and O–H groups in total. The number of sulfone groups is 1. The Bertz CT molecular complexity index is 722. The standard InChI is InChI=1S/C17H26BrN3O3S.HI/c1-19-16(21(2)12-14-6-4-5-7-15(14)18)20-13-17(25(3,22)23)8-10-24-11-9-17;/h4-7H,8-13H2,1-3H3,(H,19,20);1H. The summed E-state index contributed by atoms with van der Waals surface area (Å²) in [7, 11) is 0.435. The summed E-state index contributed by atoms with van der Waals surface area (Å²) in [4.78, 5) is 6.28. The van der Waals surface area contributed by atoms with E-state index in [1.807, 2.05) is 36.2 Å². The molecular weight excluding hydrogens is 533 g/mol. The van der Waals surface area contributed by atoms with Crippen molar-refractivity contribution in [3.8, 4) is 0 Å². The topological polar surface area (TPSA) is 71.0 Å². The highest BCUT2D eigenvalue weighted by Crippen LogP contribution is 2.28. The fraction of sp³-hybridized carbons (Fsp3) is 0.588. The molecule has 0 amide bonds. The summed E-state index contributed by atoms with van der Waals surface area (Å²) in [5, 5.41) is 3.25. The number of benzene rings is 1. The minimum atomic E-state index is -3.21. The van der Waals surface area contributed by atoms with Gasteiger partial charge in [0.05, 0.1) is 4.75 Å². The second-order valence-electron chi connectivity index (χ2n) is 6.42. The zero-order chi connectivity index (χ0) is 18.5. The molecule has 1 heterocycles. The van der Waals surface area contributed by atoms with Gasteiger partial charge in [-0.05, 0) is 24.5 Å². The largest absolute Gasteiger partial charge is 0.381 e. The van der Waals surface area contributed by atoms with Crippen LogP contribution in [0.2, 0.25) is 0 Å². The number of nitrogens with one attached hydrogen (secondary N) is 1. The van der Waals surface area contributed by atoms with Crippen LogP contribution in [0, 0.1) is 0 Å². The molecular formula is C17H27BrIN3O3S. The minimum Gasteiger partial charge on any atom is -0.381 e. The molecule has 148 valence electrons. The Hall–Kier alpha value is -0.390. The van der Waals surface area contributed by atoms with Crippen molar-refractivity contribution in [3.05, 3.63) is 34.3 Å². The average Bonchev–Trinajstić information content (AvgIpc) is 2.57. The predicted molar refractivity (Wildman–Crippen MR) is 120 cm³/mol. The van der Waals surface area contributed by atoms with Crippen molar-refractivity contribution in [2.45, 2.75) is 24.1 Å². The Kier molecular flexibility index (Phi) is 9.31. The van der Waals surface area contributed by atoms with Crippen LogP contribution in [0.15, 0.2) is 33.7 Å². The van der Waals surface area contributed by atoms with Gasteiger partial charge in [0.15, 0.2) is 15.8 Å². The predicted octanol–water partition coefficient (Wildman–Crippen LogP) is 2.67. The molecule has 0 aliphatic carbocycles. The highest BCUT2D eigenvalue weighted by atomic mass is 127. The van der Waals surface area contributed by atoms with E-state index in [-0.39, 0.29) is 24.0 Å². The average molecular weight is 560 g/mol. The van der Waals surface area contributed by atoms with Crippen LogP contribution in [0.25, 0.3) is 0 Å². The van der Waals surface area contributed by atoms with Gasteiger partial charge < -0.3 is 15.0 Å². The van der Waals surface area contributed by atoms with Gasteiger partial charge in [0.1, 0.15) is 0 Å². The molecule has 1 aliphatic heterocycles. The SMILES string of the molecule is CN=C(NCC1(S(C)(=O)=O)CCOCC1)N(C)Cc1ccccc1Br.I. The van der Waals surface area contributed by atoms with Crippen LogP contribution in [-0.4, -0.2) is 64.1 Å². The number of nitrogens with zero attached hydrogens (tertiary/aromatic N) is 2. The summed E-state index contributed by atoms with van der Waals surface area (Å²) in [5.41, 5.74) is 1.14. The third-order valence-electron chi connectivity index (χ3n) is 4.70. The molecule has 1 fully saturated rings. The summed E-state index contributed by atoms with van der Waals surface area (Å²) >= 11 is 3.55. The van der Waals surface area contributed by atoms with Crippen LogP contribution in [0.3, 0.4) is 0 Å². The van der Waals surface area contributed by atoms with Gasteiger partial charge in [-0.25, -0.2) is 8.42 Å². The second-order valence-corrected chi connectivity index (χ2v) is 9.68. The Morgan fingerprint density at radius 1 is 1.35 bits per heavy atom. The lowest BCUT2D eigenvalue weighted by atomic mass is 9.99. The molecule has 1 aliphatic rings. The van der Waals surface area contributed by atoms with Crippen molar-refractivity contribution in [1.82, 2.24) is 10.2 Å². The third kappa shape index (κ3) is 5.80. The molecule has 2 rings (SSSR count). The summed E-state index contributed by atoms with van der Waals surface area (Å²) in [5.74, 6) is 0.672. The van der Waals surface area contributed by atoms with Crippen molar-refractivity contribution in [2.24, 2.45) is 4.99 Å². The monoisotopic (exact) mass is 559 g/mol. The maximum absolute atomic E-state index is 12.4. The molecule has 0 unspecified atom stereocenters. The Morgan fingerprint density at radius 3 is 2.50 bits per heavy atom. The van der Waals surface area contributed by atoms with Crippen LogP contribution in [0.1, 0.15) is 18.4 Å². The second kappa shape index (κ2) is 10.2. The van der Waals surface area contributed by atoms with Crippen LogP contribution in [0.5, 0.6) is 0 Å². The summed E-state index contributed by atoms with van der Waals surface area (Å²) < 4.78 is 30.3. The molecule has 0 bridgehead atoms.